The van der Waals surface area contributed by atoms with Crippen LogP contribution in [0, 0.1) is 12.7 Å². The minimum Gasteiger partial charge on any atom is -0.326 e. The summed E-state index contributed by atoms with van der Waals surface area (Å²) in [5.74, 6) is -0.151. The van der Waals surface area contributed by atoms with E-state index < -0.39 is 0 Å². The third-order valence-electron chi connectivity index (χ3n) is 4.53. The lowest BCUT2D eigenvalue weighted by atomic mass is 9.93. The number of likely N-dealkylation sites (tertiary alicyclic amines) is 1. The fourth-order valence-electron chi connectivity index (χ4n) is 3.41. The van der Waals surface area contributed by atoms with E-state index in [0.29, 0.717) is 6.04 Å². The van der Waals surface area contributed by atoms with Gasteiger partial charge in [0.15, 0.2) is 0 Å². The van der Waals surface area contributed by atoms with E-state index in [9.17, 15) is 4.39 Å². The Morgan fingerprint density at radius 1 is 1.21 bits per heavy atom. The number of halogens is 1. The highest BCUT2D eigenvalue weighted by atomic mass is 19.1. The van der Waals surface area contributed by atoms with Crippen LogP contribution in [-0.4, -0.2) is 23.5 Å². The van der Waals surface area contributed by atoms with Gasteiger partial charge in [-0.05, 0) is 62.4 Å². The summed E-state index contributed by atoms with van der Waals surface area (Å²) in [5, 5.41) is 0. The average Bonchev–Trinajstić information content (AvgIpc) is 3.17. The minimum absolute atomic E-state index is 0.151. The van der Waals surface area contributed by atoms with Crippen LogP contribution in [0.5, 0.6) is 0 Å². The first-order valence-corrected chi connectivity index (χ1v) is 7.44. The van der Waals surface area contributed by atoms with Gasteiger partial charge >= 0.3 is 0 Å². The molecule has 1 aromatic carbocycles. The third kappa shape index (κ3) is 2.67. The van der Waals surface area contributed by atoms with Gasteiger partial charge in [0.2, 0.25) is 0 Å². The van der Waals surface area contributed by atoms with Gasteiger partial charge in [0.25, 0.3) is 0 Å². The van der Waals surface area contributed by atoms with Gasteiger partial charge in [0, 0.05) is 12.1 Å². The summed E-state index contributed by atoms with van der Waals surface area (Å²) < 4.78 is 13.3. The molecule has 0 radical (unpaired) electrons. The minimum atomic E-state index is -0.151. The summed E-state index contributed by atoms with van der Waals surface area (Å²) in [6.07, 6.45) is 6.11. The monoisotopic (exact) mass is 262 g/mol. The summed E-state index contributed by atoms with van der Waals surface area (Å²) in [6.45, 7) is 3.14. The second-order valence-electron chi connectivity index (χ2n) is 6.07. The van der Waals surface area contributed by atoms with E-state index in [2.05, 4.69) is 4.90 Å². The van der Waals surface area contributed by atoms with Crippen molar-refractivity contribution in [2.24, 2.45) is 5.73 Å². The molecule has 3 heteroatoms. The van der Waals surface area contributed by atoms with Crippen LogP contribution in [0.15, 0.2) is 18.2 Å². The Labute approximate surface area is 114 Å². The molecule has 2 atom stereocenters. The third-order valence-corrected chi connectivity index (χ3v) is 4.53. The first kappa shape index (κ1) is 13.1. The van der Waals surface area contributed by atoms with E-state index in [4.69, 9.17) is 5.73 Å². The molecule has 0 aromatic heterocycles. The van der Waals surface area contributed by atoms with Crippen LogP contribution in [0.25, 0.3) is 0 Å². The van der Waals surface area contributed by atoms with Gasteiger partial charge in [-0.15, -0.1) is 0 Å². The van der Waals surface area contributed by atoms with Gasteiger partial charge in [0.05, 0.1) is 6.04 Å². The molecular weight excluding hydrogens is 239 g/mol. The van der Waals surface area contributed by atoms with Crippen molar-refractivity contribution in [1.82, 2.24) is 4.90 Å². The van der Waals surface area contributed by atoms with Crippen LogP contribution >= 0.6 is 0 Å². The maximum Gasteiger partial charge on any atom is 0.123 e. The lowest BCUT2D eigenvalue weighted by molar-refractivity contribution is 0.175. The molecule has 0 bridgehead atoms. The molecule has 3 rings (SSSR count). The van der Waals surface area contributed by atoms with Gasteiger partial charge in [0.1, 0.15) is 5.82 Å². The van der Waals surface area contributed by atoms with Gasteiger partial charge in [-0.25, -0.2) is 4.39 Å². The number of nitrogens with two attached hydrogens (primary N) is 1. The predicted molar refractivity (Wildman–Crippen MR) is 75.4 cm³/mol. The van der Waals surface area contributed by atoms with E-state index in [1.807, 2.05) is 13.0 Å². The number of nitrogens with zero attached hydrogens (tertiary/aromatic N) is 1. The lowest BCUT2D eigenvalue weighted by Crippen LogP contribution is -2.41. The molecule has 2 unspecified atom stereocenters. The largest absolute Gasteiger partial charge is 0.326 e. The number of benzene rings is 1. The fourth-order valence-corrected chi connectivity index (χ4v) is 3.41. The topological polar surface area (TPSA) is 29.3 Å². The Balaban J connectivity index is 1.96. The van der Waals surface area contributed by atoms with Crippen molar-refractivity contribution in [3.63, 3.8) is 0 Å². The molecule has 1 saturated carbocycles. The number of hydrogen-bond acceptors (Lipinski definition) is 2. The molecule has 0 spiro atoms. The summed E-state index contributed by atoms with van der Waals surface area (Å²) >= 11 is 0. The molecule has 2 fully saturated rings. The molecule has 1 aliphatic carbocycles. The van der Waals surface area contributed by atoms with Crippen LogP contribution in [0.3, 0.4) is 0 Å². The second-order valence-corrected chi connectivity index (χ2v) is 6.07. The maximum atomic E-state index is 13.3. The highest BCUT2D eigenvalue weighted by molar-refractivity contribution is 5.31. The molecule has 2 nitrogen and oxygen atoms in total. The first-order valence-electron chi connectivity index (χ1n) is 7.44. The smallest absolute Gasteiger partial charge is 0.123 e. The molecule has 1 aromatic rings. The normalized spacial score (nSPS) is 29.2. The summed E-state index contributed by atoms with van der Waals surface area (Å²) in [7, 11) is 0. The maximum absolute atomic E-state index is 13.3. The average molecular weight is 262 g/mol. The Morgan fingerprint density at radius 2 is 2.00 bits per heavy atom. The number of rotatable bonds is 2. The van der Waals surface area contributed by atoms with Crippen molar-refractivity contribution < 1.29 is 4.39 Å². The molecule has 19 heavy (non-hydrogen) atoms. The van der Waals surface area contributed by atoms with Crippen molar-refractivity contribution in [2.75, 3.05) is 6.54 Å². The predicted octanol–water partition coefficient (Wildman–Crippen LogP) is 3.15. The zero-order chi connectivity index (χ0) is 13.4. The van der Waals surface area contributed by atoms with Crippen molar-refractivity contribution in [2.45, 2.75) is 57.2 Å². The molecule has 104 valence electrons. The van der Waals surface area contributed by atoms with Crippen LogP contribution < -0.4 is 5.73 Å². The van der Waals surface area contributed by atoms with Gasteiger partial charge in [-0.2, -0.15) is 0 Å². The summed E-state index contributed by atoms with van der Waals surface area (Å²) in [6, 6.07) is 6.31. The van der Waals surface area contributed by atoms with E-state index in [-0.39, 0.29) is 17.9 Å². The van der Waals surface area contributed by atoms with E-state index in [1.165, 1.54) is 31.2 Å². The Morgan fingerprint density at radius 3 is 2.68 bits per heavy atom. The molecule has 0 amide bonds. The van der Waals surface area contributed by atoms with Crippen molar-refractivity contribution in [3.05, 3.63) is 35.1 Å². The van der Waals surface area contributed by atoms with Crippen LogP contribution in [-0.2, 0) is 0 Å². The quantitative estimate of drug-likeness (QED) is 0.887. The lowest BCUT2D eigenvalue weighted by Gasteiger charge is -2.35. The summed E-state index contributed by atoms with van der Waals surface area (Å²) in [4.78, 5) is 2.58. The van der Waals surface area contributed by atoms with E-state index in [0.717, 1.165) is 18.5 Å². The molecule has 2 aliphatic rings. The number of aryl methyl sites for hydroxylation is 1. The van der Waals surface area contributed by atoms with Crippen LogP contribution in [0.2, 0.25) is 0 Å². The van der Waals surface area contributed by atoms with Gasteiger partial charge in [-0.3, -0.25) is 4.90 Å². The molecular formula is C16H23FN2. The fraction of sp³-hybridized carbons (Fsp3) is 0.625. The van der Waals surface area contributed by atoms with Gasteiger partial charge in [-0.1, -0.05) is 12.5 Å². The van der Waals surface area contributed by atoms with E-state index in [1.54, 1.807) is 12.1 Å². The Hall–Kier alpha value is -0.930. The highest BCUT2D eigenvalue weighted by Gasteiger charge is 2.38. The molecule has 1 aliphatic heterocycles. The SMILES string of the molecule is Cc1cc(F)ccc1C1C(N)CCCCN1C1CC1. The highest BCUT2D eigenvalue weighted by Crippen LogP contribution is 2.39. The van der Waals surface area contributed by atoms with Gasteiger partial charge < -0.3 is 5.73 Å². The molecule has 1 saturated heterocycles. The van der Waals surface area contributed by atoms with E-state index >= 15 is 0 Å². The Bertz CT molecular complexity index is 456. The van der Waals surface area contributed by atoms with Crippen molar-refractivity contribution in [3.8, 4) is 0 Å². The summed E-state index contributed by atoms with van der Waals surface area (Å²) in [5.41, 5.74) is 8.70. The second kappa shape index (κ2) is 5.22. The Kier molecular flexibility index (Phi) is 3.59. The first-order chi connectivity index (χ1) is 9.16. The van der Waals surface area contributed by atoms with Crippen molar-refractivity contribution >= 4 is 0 Å². The standard InChI is InChI=1S/C16H23FN2/c1-11-10-12(17)5-8-14(11)16-15(18)4-2-3-9-19(16)13-6-7-13/h5,8,10,13,15-16H,2-4,6-7,9,18H2,1H3. The van der Waals surface area contributed by atoms with Crippen LogP contribution in [0.1, 0.15) is 49.3 Å². The zero-order valence-corrected chi connectivity index (χ0v) is 11.6. The zero-order valence-electron chi connectivity index (χ0n) is 11.6. The van der Waals surface area contributed by atoms with Crippen LogP contribution in [0.4, 0.5) is 4.39 Å². The molecule has 2 N–H and O–H groups in total. The van der Waals surface area contributed by atoms with Crippen molar-refractivity contribution in [1.29, 1.82) is 0 Å². The number of hydrogen-bond donors (Lipinski definition) is 1. The molecule has 1 heterocycles.